The van der Waals surface area contributed by atoms with E-state index >= 15 is 0 Å². The second-order valence-electron chi connectivity index (χ2n) is 15.1. The minimum Gasteiger partial charge on any atom is -0.480 e. The van der Waals surface area contributed by atoms with Gasteiger partial charge in [0.15, 0.2) is 5.96 Å². The number of carbonyl (C=O) groups is 1. The number of carboxylic acid groups (broad SMARTS) is 1. The van der Waals surface area contributed by atoms with Gasteiger partial charge in [0.1, 0.15) is 6.54 Å². The molecule has 6 rings (SSSR count). The topological polar surface area (TPSA) is 103 Å². The van der Waals surface area contributed by atoms with Crippen molar-refractivity contribution in [1.82, 2.24) is 14.7 Å². The summed E-state index contributed by atoms with van der Waals surface area (Å²) >= 11 is 0. The van der Waals surface area contributed by atoms with E-state index in [4.69, 9.17) is 16.2 Å². The van der Waals surface area contributed by atoms with E-state index in [1.54, 1.807) is 0 Å². The number of nitrogens with two attached hydrogens (primary N) is 1. The van der Waals surface area contributed by atoms with Crippen LogP contribution in [0.2, 0.25) is 0 Å². The molecule has 0 aliphatic carbocycles. The Morgan fingerprint density at radius 1 is 0.630 bits per heavy atom. The average Bonchev–Trinajstić information content (AvgIpc) is 3.36. The molecule has 4 aromatic rings. The lowest BCUT2D eigenvalue weighted by Gasteiger charge is -2.30. The summed E-state index contributed by atoms with van der Waals surface area (Å²) in [6.45, 7) is 8.81. The number of nitrogens with one attached hydrogen (secondary N) is 1. The van der Waals surface area contributed by atoms with Crippen molar-refractivity contribution in [3.8, 4) is 0 Å². The van der Waals surface area contributed by atoms with Crippen LogP contribution >= 0.6 is 0 Å². The zero-order chi connectivity index (χ0) is 38.5. The molecule has 10 heteroatoms. The number of hydrogen-bond donors (Lipinski definition) is 3. The maximum atomic E-state index is 9.92. The molecule has 54 heavy (non-hydrogen) atoms. The van der Waals surface area contributed by atoms with Crippen LogP contribution in [0.5, 0.6) is 0 Å². The number of likely N-dealkylation sites (N-methyl/N-ethyl adjacent to an activating group) is 1. The van der Waals surface area contributed by atoms with Gasteiger partial charge in [0.05, 0.1) is 0 Å². The van der Waals surface area contributed by atoms with Gasteiger partial charge in [0, 0.05) is 56.0 Å². The first-order valence-corrected chi connectivity index (χ1v) is 18.8. The first-order valence-electron chi connectivity index (χ1n) is 18.8. The van der Waals surface area contributed by atoms with E-state index in [0.717, 1.165) is 56.8 Å². The average molecular weight is 746 g/mol. The van der Waals surface area contributed by atoms with E-state index < -0.39 is 5.97 Å². The summed E-state index contributed by atoms with van der Waals surface area (Å²) in [5.74, 6) is 0.00789. The molecule has 0 spiro atoms. The van der Waals surface area contributed by atoms with Crippen molar-refractivity contribution in [2.45, 2.75) is 39.5 Å². The van der Waals surface area contributed by atoms with Gasteiger partial charge in [-0.15, -0.1) is 0 Å². The highest BCUT2D eigenvalue weighted by molar-refractivity contribution is 5.80. The Kier molecular flexibility index (Phi) is 17.8. The second-order valence-corrected chi connectivity index (χ2v) is 15.1. The number of anilines is 4. The molecule has 0 aromatic heterocycles. The third-order valence-corrected chi connectivity index (χ3v) is 9.58. The predicted octanol–water partition coefficient (Wildman–Crippen LogP) is 6.22. The lowest BCUT2D eigenvalue weighted by molar-refractivity contribution is -0.137. The minimum atomic E-state index is -0.993. The molecule has 2 heterocycles. The number of carboxylic acids is 1. The minimum absolute atomic E-state index is 0. The number of rotatable bonds is 10. The lowest BCUT2D eigenvalue weighted by atomic mass is 10.0. The normalized spacial score (nSPS) is 13.8. The van der Waals surface area contributed by atoms with E-state index in [0.29, 0.717) is 11.8 Å². The van der Waals surface area contributed by atoms with Crippen molar-refractivity contribution in [1.29, 1.82) is 5.41 Å². The van der Waals surface area contributed by atoms with Crippen LogP contribution in [-0.4, -0.2) is 123 Å². The number of hydrogen-bond acceptors (Lipinski definition) is 6. The summed E-state index contributed by atoms with van der Waals surface area (Å²) in [6, 6.07) is 35.5. The van der Waals surface area contributed by atoms with Crippen LogP contribution in [-0.2, 0) is 30.5 Å². The molecular weight excluding hydrogens is 683 g/mol. The summed E-state index contributed by atoms with van der Waals surface area (Å²) in [7, 11) is 10.1. The summed E-state index contributed by atoms with van der Waals surface area (Å²) in [6.07, 6.45) is 4.52. The SMILES string of the molecule is CC(CN(C)C)CN1c2ccccc2CCc2ccccc21.CC(CN(C)C)CN1c2ccccc2CCc2ccccc21.CN(CC(=O)O)C(=N)N.[MgH2]. The Labute approximate surface area is 340 Å². The van der Waals surface area contributed by atoms with Crippen molar-refractivity contribution in [3.63, 3.8) is 0 Å². The van der Waals surface area contributed by atoms with E-state index in [9.17, 15) is 4.79 Å². The largest absolute Gasteiger partial charge is 0.480 e. The van der Waals surface area contributed by atoms with E-state index in [1.807, 2.05) is 0 Å². The standard InChI is InChI=1S/2C20H26N2.C4H9N3O2.Mg.2H/c2*1-16(14-21(2)3)15-22-19-10-6-4-8-17(19)12-13-18-9-5-7-11-20(18)22;1-7(4(5)6)2-3(8)9;;;/h2*4-11,16H,12-15H2,1-3H3;2H2,1H3,(H3,5,6)(H,8,9);;;. The van der Waals surface area contributed by atoms with Gasteiger partial charge < -0.3 is 35.3 Å². The molecule has 4 aromatic carbocycles. The zero-order valence-corrected chi connectivity index (χ0v) is 32.9. The Morgan fingerprint density at radius 2 is 0.907 bits per heavy atom. The number of guanidine groups is 1. The Balaban J connectivity index is 0.000000235. The van der Waals surface area contributed by atoms with Gasteiger partial charge in [-0.1, -0.05) is 86.6 Å². The summed E-state index contributed by atoms with van der Waals surface area (Å²) < 4.78 is 0. The quantitative estimate of drug-likeness (QED) is 0.1000. The highest BCUT2D eigenvalue weighted by Crippen LogP contribution is 2.37. The number of benzene rings is 4. The van der Waals surface area contributed by atoms with Gasteiger partial charge in [-0.05, 0) is 112 Å². The predicted molar refractivity (Wildman–Crippen MR) is 231 cm³/mol. The number of nitrogens with zero attached hydrogens (tertiary/aromatic N) is 5. The number of fused-ring (bicyclic) bond motifs is 4. The van der Waals surface area contributed by atoms with Gasteiger partial charge in [0.25, 0.3) is 0 Å². The van der Waals surface area contributed by atoms with Gasteiger partial charge in [-0.2, -0.15) is 0 Å². The molecule has 0 radical (unpaired) electrons. The molecule has 2 atom stereocenters. The highest BCUT2D eigenvalue weighted by atomic mass is 24.3. The van der Waals surface area contributed by atoms with Crippen molar-refractivity contribution >= 4 is 57.7 Å². The van der Waals surface area contributed by atoms with E-state index in [2.05, 4.69) is 159 Å². The molecule has 2 aliphatic rings. The second kappa shape index (κ2) is 21.7. The fourth-order valence-corrected chi connectivity index (χ4v) is 7.41. The first kappa shape index (κ1) is 44.3. The van der Waals surface area contributed by atoms with Crippen molar-refractivity contribution in [2.75, 3.05) is 77.8 Å². The maximum absolute atomic E-state index is 9.92. The molecule has 2 aliphatic heterocycles. The fraction of sp³-hybridized carbons (Fsp3) is 0.409. The number of para-hydroxylation sites is 4. The van der Waals surface area contributed by atoms with E-state index in [-0.39, 0.29) is 35.6 Å². The van der Waals surface area contributed by atoms with Gasteiger partial charge in [-0.25, -0.2) is 0 Å². The third kappa shape index (κ3) is 13.0. The van der Waals surface area contributed by atoms with Crippen LogP contribution in [0, 0.1) is 17.2 Å². The van der Waals surface area contributed by atoms with Crippen molar-refractivity contribution in [2.24, 2.45) is 17.6 Å². The van der Waals surface area contributed by atoms with Gasteiger partial charge in [0.2, 0.25) is 0 Å². The van der Waals surface area contributed by atoms with Crippen LogP contribution in [0.4, 0.5) is 22.7 Å². The lowest BCUT2D eigenvalue weighted by Crippen LogP contribution is -2.36. The molecule has 2 unspecified atom stereocenters. The summed E-state index contributed by atoms with van der Waals surface area (Å²) in [5.41, 5.74) is 16.4. The molecule has 0 saturated heterocycles. The van der Waals surface area contributed by atoms with Crippen molar-refractivity contribution in [3.05, 3.63) is 119 Å². The first-order chi connectivity index (χ1) is 25.3. The molecule has 0 amide bonds. The van der Waals surface area contributed by atoms with Crippen LogP contribution in [0.3, 0.4) is 0 Å². The molecule has 4 N–H and O–H groups in total. The van der Waals surface area contributed by atoms with Gasteiger partial charge in [-0.3, -0.25) is 10.2 Å². The van der Waals surface area contributed by atoms with Crippen LogP contribution < -0.4 is 15.5 Å². The molecular formula is C44H63MgN7O2. The number of aryl methyl sites for hydroxylation is 4. The van der Waals surface area contributed by atoms with Gasteiger partial charge >= 0.3 is 29.0 Å². The number of aliphatic carboxylic acids is 1. The Morgan fingerprint density at radius 3 is 1.13 bits per heavy atom. The molecule has 0 fully saturated rings. The summed E-state index contributed by atoms with van der Waals surface area (Å²) in [4.78, 5) is 20.7. The molecule has 288 valence electrons. The maximum Gasteiger partial charge on any atom is 0.323 e. The van der Waals surface area contributed by atoms with Crippen LogP contribution in [0.1, 0.15) is 36.1 Å². The van der Waals surface area contributed by atoms with Crippen molar-refractivity contribution < 1.29 is 9.90 Å². The third-order valence-electron chi connectivity index (χ3n) is 9.58. The molecule has 0 saturated carbocycles. The van der Waals surface area contributed by atoms with Crippen LogP contribution in [0.15, 0.2) is 97.1 Å². The zero-order valence-electron chi connectivity index (χ0n) is 32.9. The van der Waals surface area contributed by atoms with Crippen LogP contribution in [0.25, 0.3) is 0 Å². The highest BCUT2D eigenvalue weighted by Gasteiger charge is 2.23. The Bertz CT molecular complexity index is 1570. The molecule has 9 nitrogen and oxygen atoms in total. The smallest absolute Gasteiger partial charge is 0.323 e. The Hall–Kier alpha value is -4.09. The monoisotopic (exact) mass is 745 g/mol. The molecule has 0 bridgehead atoms. The van der Waals surface area contributed by atoms with E-state index in [1.165, 1.54) is 52.1 Å². The fourth-order valence-electron chi connectivity index (χ4n) is 7.41. The summed E-state index contributed by atoms with van der Waals surface area (Å²) in [5, 5.41) is 14.9.